The predicted octanol–water partition coefficient (Wildman–Crippen LogP) is 29.7. The van der Waals surface area contributed by atoms with Crippen LogP contribution in [0.5, 0.6) is 34.5 Å². The Kier molecular flexibility index (Phi) is 55.1. The summed E-state index contributed by atoms with van der Waals surface area (Å²) in [6.07, 6.45) is 57.3. The maximum atomic E-state index is 12.0. The van der Waals surface area contributed by atoms with E-state index in [1.165, 1.54) is 255 Å². The zero-order chi connectivity index (χ0) is 79.8. The smallest absolute Gasteiger partial charge is 0.190 e. The summed E-state index contributed by atoms with van der Waals surface area (Å²) in [5.74, 6) is 32.5. The van der Waals surface area contributed by atoms with E-state index in [9.17, 15) is 9.59 Å². The predicted molar refractivity (Wildman–Crippen MR) is 478 cm³/mol. The van der Waals surface area contributed by atoms with Crippen LogP contribution in [0, 0.1) is 47.4 Å². The van der Waals surface area contributed by atoms with Gasteiger partial charge in [0.1, 0.15) is 34.5 Å². The monoisotopic (exact) mass is 1560 g/mol. The molecule has 0 unspecified atom stereocenters. The molecule has 614 valence electrons. The molecule has 0 heterocycles. The molecule has 0 aliphatic carbocycles. The SMILES string of the molecule is CCCCCCCCCCOc1cc(C#Cc2cc(OCCCCCCCCCC)c(C#Cc3cc(OCCCCCCCCCC)c(C#Cc4ccc(SC(C)=O)cc4)cc3OCCCCCCCCCC)cc2OCCCCCCCCCC)c(OCCCCCCCCCC)cc1C#Cc1ccc(SC(C)=O)cc1. The van der Waals surface area contributed by atoms with Crippen molar-refractivity contribution in [3.63, 3.8) is 0 Å². The molecule has 0 aromatic heterocycles. The number of ether oxygens (including phenoxy) is 6. The minimum absolute atomic E-state index is 0.0494. The fourth-order valence-electron chi connectivity index (χ4n) is 13.6. The average molecular weight is 1560 g/mol. The lowest BCUT2D eigenvalue weighted by molar-refractivity contribution is -0.109. The lowest BCUT2D eigenvalue weighted by Crippen LogP contribution is -2.04. The Bertz CT molecular complexity index is 3360. The molecule has 5 aromatic carbocycles. The quantitative estimate of drug-likeness (QED) is 0.0213. The summed E-state index contributed by atoms with van der Waals surface area (Å²) in [7, 11) is 0. The van der Waals surface area contributed by atoms with Gasteiger partial charge >= 0.3 is 0 Å². The van der Waals surface area contributed by atoms with Crippen molar-refractivity contribution >= 4 is 33.8 Å². The van der Waals surface area contributed by atoms with Crippen molar-refractivity contribution in [3.8, 4) is 81.9 Å². The van der Waals surface area contributed by atoms with E-state index in [-0.39, 0.29) is 10.2 Å². The van der Waals surface area contributed by atoms with Crippen LogP contribution in [0.2, 0.25) is 0 Å². The van der Waals surface area contributed by atoms with Gasteiger partial charge in [-0.15, -0.1) is 0 Å². The van der Waals surface area contributed by atoms with Crippen LogP contribution in [0.15, 0.2) is 94.7 Å². The normalized spacial score (nSPS) is 10.9. The van der Waals surface area contributed by atoms with Crippen LogP contribution < -0.4 is 28.4 Å². The highest BCUT2D eigenvalue weighted by Crippen LogP contribution is 2.35. The van der Waals surface area contributed by atoms with Crippen LogP contribution >= 0.6 is 23.5 Å². The van der Waals surface area contributed by atoms with E-state index in [0.29, 0.717) is 85.3 Å². The van der Waals surface area contributed by atoms with Gasteiger partial charge in [-0.2, -0.15) is 0 Å². The molecule has 0 saturated heterocycles. The maximum Gasteiger partial charge on any atom is 0.190 e. The van der Waals surface area contributed by atoms with Gasteiger partial charge < -0.3 is 28.4 Å². The number of hydrogen-bond acceptors (Lipinski definition) is 10. The molecule has 0 fully saturated rings. The lowest BCUT2D eigenvalue weighted by atomic mass is 10.0. The largest absolute Gasteiger partial charge is 0.492 e. The summed E-state index contributed by atoms with van der Waals surface area (Å²) in [4.78, 5) is 25.8. The molecule has 0 radical (unpaired) electrons. The van der Waals surface area contributed by atoms with Gasteiger partial charge in [-0.05, 0) is 87.1 Å². The number of thioether (sulfide) groups is 2. The third kappa shape index (κ3) is 44.7. The number of carbonyl (C=O) groups excluding carboxylic acids is 2. The highest BCUT2D eigenvalue weighted by atomic mass is 32.2. The van der Waals surface area contributed by atoms with E-state index in [0.717, 1.165) is 120 Å². The Labute approximate surface area is 691 Å². The second kappa shape index (κ2) is 64.5. The van der Waals surface area contributed by atoms with Crippen molar-refractivity contribution in [3.05, 3.63) is 129 Å². The minimum Gasteiger partial charge on any atom is -0.492 e. The number of benzene rings is 5. The van der Waals surface area contributed by atoms with Gasteiger partial charge in [-0.3, -0.25) is 9.59 Å². The lowest BCUT2D eigenvalue weighted by Gasteiger charge is -2.15. The fourth-order valence-corrected chi connectivity index (χ4v) is 14.8. The molecule has 0 saturated carbocycles. The van der Waals surface area contributed by atoms with Crippen LogP contribution in [-0.4, -0.2) is 49.9 Å². The van der Waals surface area contributed by atoms with E-state index < -0.39 is 0 Å². The molecule has 0 aliphatic rings. The number of hydrogen-bond donors (Lipinski definition) is 0. The Morgan fingerprint density at radius 1 is 0.223 bits per heavy atom. The Balaban J connectivity index is 1.72. The molecule has 10 heteroatoms. The van der Waals surface area contributed by atoms with Gasteiger partial charge in [-0.25, -0.2) is 0 Å². The van der Waals surface area contributed by atoms with Crippen LogP contribution in [-0.2, 0) is 9.59 Å². The Morgan fingerprint density at radius 2 is 0.375 bits per heavy atom. The average Bonchev–Trinajstić information content (AvgIpc) is 0.812. The van der Waals surface area contributed by atoms with Gasteiger partial charge in [0, 0.05) is 71.2 Å². The third-order valence-corrected chi connectivity index (χ3v) is 21.9. The first-order chi connectivity index (χ1) is 55.1. The standard InChI is InChI=1S/C102H146O8S2/c1-9-15-21-27-33-39-45-51-73-105-97-81-91(99(107-75-53-47-41-35-29-23-17-11-3)79-89(97)63-57-87-59-69-95(70-60-87)111-85(7)103)65-67-93-83-102(110-78-56-50-44-38-32-26-20-14-6)94(84-101(93)109-77-55-49-43-37-31-25-19-13-5)68-66-92-82-98(106-74-52-46-40-34-28-22-16-10-2)90(64-58-88-61-71-96(72-62-88)112-86(8)104)80-100(92)108-76-54-48-42-36-30-24-18-12-4/h59-62,69-72,79-84H,9-56,73-78H2,1-8H3. The molecule has 5 aromatic rings. The topological polar surface area (TPSA) is 89.5 Å². The Hall–Kier alpha value is -6.82. The molecule has 0 spiro atoms. The summed E-state index contributed by atoms with van der Waals surface area (Å²) in [5.41, 5.74) is 6.03. The third-order valence-electron chi connectivity index (χ3n) is 20.4. The first-order valence-electron chi connectivity index (χ1n) is 45.0. The van der Waals surface area contributed by atoms with E-state index in [4.69, 9.17) is 28.4 Å². The van der Waals surface area contributed by atoms with Gasteiger partial charge in [0.2, 0.25) is 0 Å². The molecule has 8 nitrogen and oxygen atoms in total. The highest BCUT2D eigenvalue weighted by molar-refractivity contribution is 8.13. The van der Waals surface area contributed by atoms with Crippen molar-refractivity contribution in [2.45, 2.75) is 373 Å². The molecule has 0 bridgehead atoms. The maximum absolute atomic E-state index is 12.0. The van der Waals surface area contributed by atoms with Crippen molar-refractivity contribution in [2.24, 2.45) is 0 Å². The van der Waals surface area contributed by atoms with Crippen LogP contribution in [0.25, 0.3) is 0 Å². The molecule has 112 heavy (non-hydrogen) atoms. The molecule has 0 atom stereocenters. The highest BCUT2D eigenvalue weighted by Gasteiger charge is 2.17. The number of carbonyl (C=O) groups is 2. The Morgan fingerprint density at radius 3 is 0.536 bits per heavy atom. The van der Waals surface area contributed by atoms with E-state index in [1.54, 1.807) is 13.8 Å². The zero-order valence-electron chi connectivity index (χ0n) is 71.3. The molecule has 0 aliphatic heterocycles. The van der Waals surface area contributed by atoms with E-state index in [1.807, 2.05) is 72.8 Å². The molecule has 0 amide bonds. The molecular formula is C102H146O8S2. The number of rotatable bonds is 62. The first-order valence-corrected chi connectivity index (χ1v) is 46.7. The summed E-state index contributed by atoms with van der Waals surface area (Å²) in [6.45, 7) is 20.1. The van der Waals surface area contributed by atoms with Crippen molar-refractivity contribution in [2.75, 3.05) is 39.6 Å². The van der Waals surface area contributed by atoms with Gasteiger partial charge in [-0.1, -0.05) is 382 Å². The summed E-state index contributed by atoms with van der Waals surface area (Å²) >= 11 is 2.45. The zero-order valence-corrected chi connectivity index (χ0v) is 73.0. The molecular weight excluding hydrogens is 1420 g/mol. The van der Waals surface area contributed by atoms with Crippen LogP contribution in [0.4, 0.5) is 0 Å². The van der Waals surface area contributed by atoms with Crippen molar-refractivity contribution < 1.29 is 38.0 Å². The van der Waals surface area contributed by atoms with Gasteiger partial charge in [0.05, 0.1) is 73.0 Å². The second-order valence-corrected chi connectivity index (χ2v) is 33.2. The summed E-state index contributed by atoms with van der Waals surface area (Å²) in [6, 6.07) is 28.0. The summed E-state index contributed by atoms with van der Waals surface area (Å²) < 4.78 is 41.4. The van der Waals surface area contributed by atoms with E-state index >= 15 is 0 Å². The van der Waals surface area contributed by atoms with Gasteiger partial charge in [0.15, 0.2) is 10.2 Å². The van der Waals surface area contributed by atoms with Crippen LogP contribution in [0.3, 0.4) is 0 Å². The van der Waals surface area contributed by atoms with Gasteiger partial charge in [0.25, 0.3) is 0 Å². The second-order valence-electron chi connectivity index (χ2n) is 30.7. The molecule has 0 N–H and O–H groups in total. The summed E-state index contributed by atoms with van der Waals surface area (Å²) in [5, 5.41) is 0.0988. The van der Waals surface area contributed by atoms with E-state index in [2.05, 4.69) is 101 Å². The first kappa shape index (κ1) is 95.8. The van der Waals surface area contributed by atoms with Crippen molar-refractivity contribution in [1.82, 2.24) is 0 Å². The van der Waals surface area contributed by atoms with Crippen LogP contribution in [0.1, 0.15) is 408 Å². The number of unbranched alkanes of at least 4 members (excludes halogenated alkanes) is 42. The fraction of sp³-hybridized carbons (Fsp3) is 0.608. The minimum atomic E-state index is 0.0494. The van der Waals surface area contributed by atoms with Crippen molar-refractivity contribution in [1.29, 1.82) is 0 Å². The molecule has 5 rings (SSSR count).